The number of aryl methyl sites for hydroxylation is 1. The van der Waals surface area contributed by atoms with E-state index in [9.17, 15) is 0 Å². The van der Waals surface area contributed by atoms with E-state index < -0.39 is 0 Å². The second-order valence-corrected chi connectivity index (χ2v) is 4.71. The van der Waals surface area contributed by atoms with E-state index in [0.29, 0.717) is 11.7 Å². The van der Waals surface area contributed by atoms with Crippen LogP contribution >= 0.6 is 12.2 Å². The summed E-state index contributed by atoms with van der Waals surface area (Å²) in [4.78, 5) is 0. The van der Waals surface area contributed by atoms with Gasteiger partial charge in [0.1, 0.15) is 0 Å². The zero-order valence-corrected chi connectivity index (χ0v) is 12.1. The second-order valence-electron chi connectivity index (χ2n) is 4.31. The lowest BCUT2D eigenvalue weighted by molar-refractivity contribution is 0.179. The Morgan fingerprint density at radius 3 is 2.61 bits per heavy atom. The molecule has 0 fully saturated rings. The van der Waals surface area contributed by atoms with E-state index >= 15 is 0 Å². The van der Waals surface area contributed by atoms with E-state index in [1.165, 1.54) is 11.1 Å². The fourth-order valence-corrected chi connectivity index (χ4v) is 2.09. The molecule has 0 aliphatic rings. The van der Waals surface area contributed by atoms with Crippen LogP contribution < -0.4 is 10.6 Å². The highest BCUT2D eigenvalue weighted by Gasteiger charge is 2.04. The number of methoxy groups -OCH3 is 1. The molecule has 0 saturated heterocycles. The van der Waals surface area contributed by atoms with Gasteiger partial charge in [-0.3, -0.25) is 0 Å². The van der Waals surface area contributed by atoms with Crippen molar-refractivity contribution in [3.05, 3.63) is 35.4 Å². The number of hydrogen-bond donors (Lipinski definition) is 2. The number of hydrogen-bond acceptors (Lipinski definition) is 2. The standard InChI is InChI=1S/C14H22N2OS/c1-4-12-7-5-6-8-13(12)9-15-14(18)16-11(2)10-17-3/h5-8,11H,4,9-10H2,1-3H3,(H2,15,16,18). The maximum Gasteiger partial charge on any atom is 0.166 e. The zero-order chi connectivity index (χ0) is 13.4. The first-order valence-electron chi connectivity index (χ1n) is 6.27. The average Bonchev–Trinajstić information content (AvgIpc) is 2.37. The molecule has 100 valence electrons. The summed E-state index contributed by atoms with van der Waals surface area (Å²) in [6.45, 7) is 5.61. The highest BCUT2D eigenvalue weighted by atomic mass is 32.1. The van der Waals surface area contributed by atoms with E-state index in [1.807, 2.05) is 6.92 Å². The molecule has 1 unspecified atom stereocenters. The van der Waals surface area contributed by atoms with E-state index in [4.69, 9.17) is 17.0 Å². The third kappa shape index (κ3) is 5.02. The van der Waals surface area contributed by atoms with Gasteiger partial charge in [-0.05, 0) is 36.7 Å². The van der Waals surface area contributed by atoms with Crippen molar-refractivity contribution in [2.45, 2.75) is 32.9 Å². The SMILES string of the molecule is CCc1ccccc1CNC(=S)NC(C)COC. The molecule has 4 heteroatoms. The van der Waals surface area contributed by atoms with Gasteiger partial charge in [-0.25, -0.2) is 0 Å². The van der Waals surface area contributed by atoms with Crippen molar-refractivity contribution in [1.82, 2.24) is 10.6 Å². The van der Waals surface area contributed by atoms with Crippen LogP contribution in [0.5, 0.6) is 0 Å². The normalized spacial score (nSPS) is 11.9. The van der Waals surface area contributed by atoms with Crippen LogP contribution in [0, 0.1) is 0 Å². The smallest absolute Gasteiger partial charge is 0.166 e. The third-order valence-electron chi connectivity index (χ3n) is 2.73. The van der Waals surface area contributed by atoms with Crippen molar-refractivity contribution in [2.75, 3.05) is 13.7 Å². The first kappa shape index (κ1) is 14.9. The summed E-state index contributed by atoms with van der Waals surface area (Å²) in [6.07, 6.45) is 1.04. The number of nitrogens with one attached hydrogen (secondary N) is 2. The van der Waals surface area contributed by atoms with Crippen molar-refractivity contribution >= 4 is 17.3 Å². The quantitative estimate of drug-likeness (QED) is 0.774. The monoisotopic (exact) mass is 266 g/mol. The molecule has 0 aliphatic carbocycles. The van der Waals surface area contributed by atoms with Gasteiger partial charge in [0.25, 0.3) is 0 Å². The van der Waals surface area contributed by atoms with Crippen molar-refractivity contribution < 1.29 is 4.74 Å². The minimum absolute atomic E-state index is 0.219. The van der Waals surface area contributed by atoms with Crippen molar-refractivity contribution in [2.24, 2.45) is 0 Å². The lowest BCUT2D eigenvalue weighted by atomic mass is 10.1. The molecule has 0 saturated carbocycles. The number of rotatable bonds is 6. The summed E-state index contributed by atoms with van der Waals surface area (Å²) in [7, 11) is 1.69. The molecular formula is C14H22N2OS. The summed E-state index contributed by atoms with van der Waals surface area (Å²) in [6, 6.07) is 8.63. The predicted molar refractivity (Wildman–Crippen MR) is 79.7 cm³/mol. The summed E-state index contributed by atoms with van der Waals surface area (Å²) in [5.41, 5.74) is 2.65. The molecule has 1 aromatic carbocycles. The predicted octanol–water partition coefficient (Wildman–Crippen LogP) is 2.25. The molecule has 0 aliphatic heterocycles. The third-order valence-corrected chi connectivity index (χ3v) is 3.00. The molecule has 18 heavy (non-hydrogen) atoms. The van der Waals surface area contributed by atoms with Gasteiger partial charge in [0.2, 0.25) is 0 Å². The largest absolute Gasteiger partial charge is 0.383 e. The molecule has 1 aromatic rings. The minimum atomic E-state index is 0.219. The Morgan fingerprint density at radius 1 is 1.33 bits per heavy atom. The van der Waals surface area contributed by atoms with Gasteiger partial charge in [-0.1, -0.05) is 31.2 Å². The molecule has 0 radical (unpaired) electrons. The van der Waals surface area contributed by atoms with Crippen LogP contribution in [0.2, 0.25) is 0 Å². The topological polar surface area (TPSA) is 33.3 Å². The van der Waals surface area contributed by atoms with Crippen LogP contribution in [0.3, 0.4) is 0 Å². The van der Waals surface area contributed by atoms with Crippen molar-refractivity contribution in [3.8, 4) is 0 Å². The lowest BCUT2D eigenvalue weighted by Gasteiger charge is -2.17. The second kappa shape index (κ2) is 8.06. The Hall–Kier alpha value is -1.13. The molecule has 1 atom stereocenters. The Bertz CT molecular complexity index is 382. The number of benzene rings is 1. The molecule has 1 rings (SSSR count). The molecule has 0 spiro atoms. The summed E-state index contributed by atoms with van der Waals surface area (Å²) < 4.78 is 5.05. The van der Waals surface area contributed by atoms with Gasteiger partial charge in [0, 0.05) is 19.7 Å². The Labute approximate surface area is 115 Å². The summed E-state index contributed by atoms with van der Waals surface area (Å²) in [5, 5.41) is 7.08. The van der Waals surface area contributed by atoms with Crippen LogP contribution in [0.4, 0.5) is 0 Å². The van der Waals surface area contributed by atoms with E-state index in [2.05, 4.69) is 41.8 Å². The van der Waals surface area contributed by atoms with E-state index in [0.717, 1.165) is 13.0 Å². The summed E-state index contributed by atoms with van der Waals surface area (Å²) in [5.74, 6) is 0. The summed E-state index contributed by atoms with van der Waals surface area (Å²) >= 11 is 5.25. The van der Waals surface area contributed by atoms with Gasteiger partial charge in [0.05, 0.1) is 6.61 Å². The number of ether oxygens (including phenoxy) is 1. The van der Waals surface area contributed by atoms with Gasteiger partial charge < -0.3 is 15.4 Å². The van der Waals surface area contributed by atoms with Gasteiger partial charge in [0.15, 0.2) is 5.11 Å². The van der Waals surface area contributed by atoms with Crippen LogP contribution in [-0.4, -0.2) is 24.9 Å². The van der Waals surface area contributed by atoms with Crippen LogP contribution in [0.25, 0.3) is 0 Å². The van der Waals surface area contributed by atoms with Crippen LogP contribution in [0.1, 0.15) is 25.0 Å². The molecule has 2 N–H and O–H groups in total. The average molecular weight is 266 g/mol. The van der Waals surface area contributed by atoms with Crippen LogP contribution in [-0.2, 0) is 17.7 Å². The van der Waals surface area contributed by atoms with Crippen LogP contribution in [0.15, 0.2) is 24.3 Å². The van der Waals surface area contributed by atoms with Gasteiger partial charge >= 0.3 is 0 Å². The van der Waals surface area contributed by atoms with Crippen molar-refractivity contribution in [3.63, 3.8) is 0 Å². The molecule has 0 amide bonds. The zero-order valence-electron chi connectivity index (χ0n) is 11.3. The first-order chi connectivity index (χ1) is 8.67. The van der Waals surface area contributed by atoms with Gasteiger partial charge in [-0.2, -0.15) is 0 Å². The van der Waals surface area contributed by atoms with E-state index in [1.54, 1.807) is 7.11 Å². The Morgan fingerprint density at radius 2 is 2.00 bits per heavy atom. The Kier molecular flexibility index (Phi) is 6.68. The highest BCUT2D eigenvalue weighted by Crippen LogP contribution is 2.08. The minimum Gasteiger partial charge on any atom is -0.383 e. The molecule has 3 nitrogen and oxygen atoms in total. The molecule has 0 heterocycles. The maximum absolute atomic E-state index is 5.25. The fraction of sp³-hybridized carbons (Fsp3) is 0.500. The van der Waals surface area contributed by atoms with Gasteiger partial charge in [-0.15, -0.1) is 0 Å². The molecule has 0 aromatic heterocycles. The van der Waals surface area contributed by atoms with Crippen molar-refractivity contribution in [1.29, 1.82) is 0 Å². The fourth-order valence-electron chi connectivity index (χ4n) is 1.82. The number of thiocarbonyl (C=S) groups is 1. The Balaban J connectivity index is 2.42. The molecule has 0 bridgehead atoms. The molecular weight excluding hydrogens is 244 g/mol. The maximum atomic E-state index is 5.25. The lowest BCUT2D eigenvalue weighted by Crippen LogP contribution is -2.42. The highest BCUT2D eigenvalue weighted by molar-refractivity contribution is 7.80. The first-order valence-corrected chi connectivity index (χ1v) is 6.68. The van der Waals surface area contributed by atoms with E-state index in [-0.39, 0.29) is 6.04 Å².